The Labute approximate surface area is 166 Å². The number of piperidine rings is 1. The van der Waals surface area contributed by atoms with Gasteiger partial charge in [0.2, 0.25) is 0 Å². The van der Waals surface area contributed by atoms with Crippen molar-refractivity contribution in [3.8, 4) is 0 Å². The number of nitrogens with zero attached hydrogens (tertiary/aromatic N) is 2. The molecule has 2 aliphatic heterocycles. The van der Waals surface area contributed by atoms with Crippen LogP contribution >= 0.6 is 0 Å². The first-order valence-corrected chi connectivity index (χ1v) is 9.99. The van der Waals surface area contributed by atoms with Crippen molar-refractivity contribution in [1.29, 1.82) is 0 Å². The summed E-state index contributed by atoms with van der Waals surface area (Å²) in [5.74, 6) is -0.427. The average Bonchev–Trinajstić information content (AvgIpc) is 2.96. The molecule has 2 aliphatic rings. The number of carbonyl (C=O) groups excluding carboxylic acids is 2. The lowest BCUT2D eigenvalue weighted by atomic mass is 10.0. The van der Waals surface area contributed by atoms with Gasteiger partial charge in [-0.15, -0.1) is 0 Å². The summed E-state index contributed by atoms with van der Waals surface area (Å²) in [6, 6.07) is 13.6. The number of rotatable bonds is 3. The second-order valence-electron chi connectivity index (χ2n) is 7.85. The number of carbonyl (C=O) groups is 2. The first-order chi connectivity index (χ1) is 13.5. The molecule has 0 N–H and O–H groups in total. The Hall–Kier alpha value is -2.88. The monoisotopic (exact) mass is 374 g/mol. The van der Waals surface area contributed by atoms with Crippen LogP contribution in [0.25, 0.3) is 5.57 Å². The van der Waals surface area contributed by atoms with Gasteiger partial charge in [-0.3, -0.25) is 9.59 Å². The Morgan fingerprint density at radius 1 is 0.750 bits per heavy atom. The highest BCUT2D eigenvalue weighted by atomic mass is 16.2. The van der Waals surface area contributed by atoms with E-state index in [2.05, 4.69) is 4.90 Å². The van der Waals surface area contributed by atoms with Crippen molar-refractivity contribution in [3.05, 3.63) is 70.4 Å². The maximum absolute atomic E-state index is 13.5. The second kappa shape index (κ2) is 7.27. The quantitative estimate of drug-likeness (QED) is 0.749. The molecule has 0 radical (unpaired) electrons. The number of hydrogen-bond donors (Lipinski definition) is 0. The maximum Gasteiger partial charge on any atom is 0.282 e. The van der Waals surface area contributed by atoms with Gasteiger partial charge in [0, 0.05) is 13.1 Å². The summed E-state index contributed by atoms with van der Waals surface area (Å²) in [7, 11) is 0. The van der Waals surface area contributed by atoms with Crippen LogP contribution in [0.1, 0.15) is 41.5 Å². The molecule has 0 atom stereocenters. The Morgan fingerprint density at radius 3 is 2.07 bits per heavy atom. The van der Waals surface area contributed by atoms with E-state index in [1.54, 1.807) is 0 Å². The van der Waals surface area contributed by atoms with Crippen LogP contribution in [0.15, 0.2) is 48.2 Å². The number of amides is 2. The number of likely N-dealkylation sites (tertiary alicyclic amines) is 1. The summed E-state index contributed by atoms with van der Waals surface area (Å²) in [6.45, 7) is 7.70. The van der Waals surface area contributed by atoms with Gasteiger partial charge in [-0.25, -0.2) is 4.90 Å². The molecule has 0 bridgehead atoms. The average molecular weight is 374 g/mol. The minimum Gasteiger partial charge on any atom is -0.366 e. The number of anilines is 1. The molecule has 1 fully saturated rings. The van der Waals surface area contributed by atoms with Crippen LogP contribution in [0.2, 0.25) is 0 Å². The predicted octanol–water partition coefficient (Wildman–Crippen LogP) is 4.38. The van der Waals surface area contributed by atoms with Crippen LogP contribution in [0.5, 0.6) is 0 Å². The zero-order chi connectivity index (χ0) is 19.8. The zero-order valence-corrected chi connectivity index (χ0v) is 16.8. The summed E-state index contributed by atoms with van der Waals surface area (Å²) in [4.78, 5) is 30.4. The highest BCUT2D eigenvalue weighted by Gasteiger charge is 2.42. The van der Waals surface area contributed by atoms with Crippen LogP contribution in [0.4, 0.5) is 5.69 Å². The molecule has 2 amide bonds. The van der Waals surface area contributed by atoms with Gasteiger partial charge in [-0.05, 0) is 68.9 Å². The van der Waals surface area contributed by atoms with E-state index in [4.69, 9.17) is 0 Å². The van der Waals surface area contributed by atoms with E-state index in [1.807, 2.05) is 63.2 Å². The van der Waals surface area contributed by atoms with Crippen LogP contribution in [0, 0.1) is 20.8 Å². The van der Waals surface area contributed by atoms with Gasteiger partial charge in [-0.2, -0.15) is 0 Å². The van der Waals surface area contributed by atoms with Crippen LogP contribution in [0.3, 0.4) is 0 Å². The minimum atomic E-state index is -0.224. The Morgan fingerprint density at radius 2 is 1.43 bits per heavy atom. The van der Waals surface area contributed by atoms with Gasteiger partial charge in [0.25, 0.3) is 11.8 Å². The first-order valence-electron chi connectivity index (χ1n) is 9.99. The molecule has 4 nitrogen and oxygen atoms in total. The first kappa shape index (κ1) is 18.5. The molecule has 0 aliphatic carbocycles. The second-order valence-corrected chi connectivity index (χ2v) is 7.85. The van der Waals surface area contributed by atoms with Crippen LogP contribution < -0.4 is 4.90 Å². The highest BCUT2D eigenvalue weighted by molar-refractivity contribution is 6.45. The van der Waals surface area contributed by atoms with Gasteiger partial charge < -0.3 is 4.90 Å². The van der Waals surface area contributed by atoms with E-state index in [-0.39, 0.29) is 11.8 Å². The Bertz CT molecular complexity index is 967. The molecular formula is C24H26N2O2. The van der Waals surface area contributed by atoms with Crippen LogP contribution in [-0.2, 0) is 9.59 Å². The summed E-state index contributed by atoms with van der Waals surface area (Å²) in [6.07, 6.45) is 3.28. The lowest BCUT2D eigenvalue weighted by molar-refractivity contribution is -0.120. The van der Waals surface area contributed by atoms with Crippen molar-refractivity contribution in [2.75, 3.05) is 18.0 Å². The molecule has 144 valence electrons. The largest absolute Gasteiger partial charge is 0.366 e. The Kier molecular flexibility index (Phi) is 4.80. The molecule has 0 spiro atoms. The molecule has 1 saturated heterocycles. The van der Waals surface area contributed by atoms with Crippen molar-refractivity contribution in [3.63, 3.8) is 0 Å². The molecule has 28 heavy (non-hydrogen) atoms. The molecule has 0 unspecified atom stereocenters. The Balaban J connectivity index is 1.82. The number of imide groups is 1. The van der Waals surface area contributed by atoms with Gasteiger partial charge in [0.15, 0.2) is 0 Å². The highest BCUT2D eigenvalue weighted by Crippen LogP contribution is 2.36. The normalized spacial score (nSPS) is 17.7. The fraction of sp³-hybridized carbons (Fsp3) is 0.333. The number of hydrogen-bond acceptors (Lipinski definition) is 3. The van der Waals surface area contributed by atoms with E-state index in [0.717, 1.165) is 48.2 Å². The van der Waals surface area contributed by atoms with Crippen molar-refractivity contribution in [2.45, 2.75) is 40.0 Å². The third-order valence-electron chi connectivity index (χ3n) is 5.82. The van der Waals surface area contributed by atoms with E-state index >= 15 is 0 Å². The van der Waals surface area contributed by atoms with Gasteiger partial charge >= 0.3 is 0 Å². The van der Waals surface area contributed by atoms with Crippen molar-refractivity contribution >= 4 is 23.1 Å². The molecule has 4 heteroatoms. The standard InChI is InChI=1S/C24H26N2O2/c1-16-7-10-19(11-8-16)21-22(25-13-5-4-6-14-25)24(28)26(23(21)27)20-12-9-17(2)18(3)15-20/h7-12,15H,4-6,13-14H2,1-3H3. The lowest BCUT2D eigenvalue weighted by Crippen LogP contribution is -2.37. The van der Waals surface area contributed by atoms with E-state index in [0.29, 0.717) is 17.0 Å². The molecular weight excluding hydrogens is 348 g/mol. The third kappa shape index (κ3) is 3.13. The molecule has 0 saturated carbocycles. The van der Waals surface area contributed by atoms with Gasteiger partial charge in [-0.1, -0.05) is 35.9 Å². The predicted molar refractivity (Wildman–Crippen MR) is 112 cm³/mol. The third-order valence-corrected chi connectivity index (χ3v) is 5.82. The molecule has 2 heterocycles. The number of aryl methyl sites for hydroxylation is 3. The van der Waals surface area contributed by atoms with Gasteiger partial charge in [0.1, 0.15) is 5.70 Å². The fourth-order valence-electron chi connectivity index (χ4n) is 4.01. The van der Waals surface area contributed by atoms with E-state index in [1.165, 1.54) is 11.3 Å². The van der Waals surface area contributed by atoms with Crippen molar-refractivity contribution < 1.29 is 9.59 Å². The van der Waals surface area contributed by atoms with Gasteiger partial charge in [0.05, 0.1) is 11.3 Å². The fourth-order valence-corrected chi connectivity index (χ4v) is 4.01. The van der Waals surface area contributed by atoms with E-state index in [9.17, 15) is 9.59 Å². The molecule has 4 rings (SSSR count). The summed E-state index contributed by atoms with van der Waals surface area (Å²) < 4.78 is 0. The van der Waals surface area contributed by atoms with E-state index < -0.39 is 0 Å². The number of benzene rings is 2. The molecule has 0 aromatic heterocycles. The molecule has 2 aromatic rings. The molecule has 2 aromatic carbocycles. The van der Waals surface area contributed by atoms with Crippen molar-refractivity contribution in [1.82, 2.24) is 4.90 Å². The smallest absolute Gasteiger partial charge is 0.282 e. The van der Waals surface area contributed by atoms with Crippen LogP contribution in [-0.4, -0.2) is 29.8 Å². The topological polar surface area (TPSA) is 40.6 Å². The van der Waals surface area contributed by atoms with Crippen molar-refractivity contribution in [2.24, 2.45) is 0 Å². The summed E-state index contributed by atoms with van der Waals surface area (Å²) in [5, 5.41) is 0. The lowest BCUT2D eigenvalue weighted by Gasteiger charge is -2.29. The SMILES string of the molecule is Cc1ccc(C2=C(N3CCCCC3)C(=O)N(c3ccc(C)c(C)c3)C2=O)cc1. The zero-order valence-electron chi connectivity index (χ0n) is 16.8. The summed E-state index contributed by atoms with van der Waals surface area (Å²) >= 11 is 0. The maximum atomic E-state index is 13.5. The minimum absolute atomic E-state index is 0.203. The summed E-state index contributed by atoms with van der Waals surface area (Å²) in [5.41, 5.74) is 5.90.